The summed E-state index contributed by atoms with van der Waals surface area (Å²) in [6.45, 7) is 2.34. The fraction of sp³-hybridized carbons (Fsp3) is 0.417. The molecule has 1 rings (SSSR count). The minimum Gasteiger partial charge on any atom is -0.469 e. The molecule has 0 amide bonds. The molecule has 1 atom stereocenters. The van der Waals surface area contributed by atoms with Crippen molar-refractivity contribution in [1.29, 1.82) is 0 Å². The van der Waals surface area contributed by atoms with Crippen LogP contribution in [0.3, 0.4) is 0 Å². The minimum atomic E-state index is -0.461. The zero-order valence-corrected chi connectivity index (χ0v) is 10.6. The van der Waals surface area contributed by atoms with Crippen molar-refractivity contribution in [3.8, 4) is 0 Å². The van der Waals surface area contributed by atoms with Gasteiger partial charge in [0, 0.05) is 12.2 Å². The van der Waals surface area contributed by atoms with Crippen LogP contribution in [0, 0.1) is 11.7 Å². The second-order valence-corrected chi connectivity index (χ2v) is 4.05. The van der Waals surface area contributed by atoms with Gasteiger partial charge in [-0.25, -0.2) is 4.39 Å². The lowest BCUT2D eigenvalue weighted by molar-refractivity contribution is -0.145. The molecule has 17 heavy (non-hydrogen) atoms. The van der Waals surface area contributed by atoms with E-state index in [-0.39, 0.29) is 16.9 Å². The maximum atomic E-state index is 12.9. The third-order valence-corrected chi connectivity index (χ3v) is 2.79. The van der Waals surface area contributed by atoms with Gasteiger partial charge in [0.15, 0.2) is 0 Å². The Kier molecular flexibility index (Phi) is 5.22. The topological polar surface area (TPSA) is 38.3 Å². The van der Waals surface area contributed by atoms with E-state index in [1.165, 1.54) is 19.2 Å². The molecular weight excluding hydrogens is 245 g/mol. The molecule has 5 heteroatoms. The van der Waals surface area contributed by atoms with Crippen LogP contribution in [-0.4, -0.2) is 19.6 Å². The third kappa shape index (κ3) is 3.89. The van der Waals surface area contributed by atoms with Gasteiger partial charge >= 0.3 is 5.97 Å². The second kappa shape index (κ2) is 6.45. The van der Waals surface area contributed by atoms with Crippen LogP contribution < -0.4 is 5.32 Å². The van der Waals surface area contributed by atoms with E-state index >= 15 is 0 Å². The van der Waals surface area contributed by atoms with Crippen LogP contribution in [0.25, 0.3) is 0 Å². The lowest BCUT2D eigenvalue weighted by atomic mass is 10.1. The Hall–Kier alpha value is -1.29. The molecule has 0 saturated heterocycles. The van der Waals surface area contributed by atoms with E-state index in [4.69, 9.17) is 11.6 Å². The van der Waals surface area contributed by atoms with Crippen molar-refractivity contribution in [2.75, 3.05) is 19.0 Å². The average molecular weight is 260 g/mol. The Morgan fingerprint density at radius 3 is 2.82 bits per heavy atom. The van der Waals surface area contributed by atoms with Crippen LogP contribution >= 0.6 is 11.6 Å². The Morgan fingerprint density at radius 1 is 1.59 bits per heavy atom. The van der Waals surface area contributed by atoms with Gasteiger partial charge in [0.1, 0.15) is 5.82 Å². The summed E-state index contributed by atoms with van der Waals surface area (Å²) in [5.41, 5.74) is 0.679. The number of benzene rings is 1. The highest BCUT2D eigenvalue weighted by molar-refractivity contribution is 6.31. The average Bonchev–Trinajstić information content (AvgIpc) is 2.33. The fourth-order valence-electron chi connectivity index (χ4n) is 1.41. The molecule has 0 aliphatic heterocycles. The first-order valence-electron chi connectivity index (χ1n) is 5.35. The number of carbonyl (C=O) groups is 1. The van der Waals surface area contributed by atoms with E-state index in [9.17, 15) is 9.18 Å². The van der Waals surface area contributed by atoms with Gasteiger partial charge in [-0.15, -0.1) is 0 Å². The monoisotopic (exact) mass is 259 g/mol. The van der Waals surface area contributed by atoms with Crippen molar-refractivity contribution in [1.82, 2.24) is 0 Å². The largest absolute Gasteiger partial charge is 0.469 e. The van der Waals surface area contributed by atoms with Crippen LogP contribution in [0.1, 0.15) is 13.3 Å². The molecule has 3 nitrogen and oxygen atoms in total. The molecule has 1 unspecified atom stereocenters. The maximum absolute atomic E-state index is 12.9. The first-order valence-corrected chi connectivity index (χ1v) is 5.73. The van der Waals surface area contributed by atoms with Crippen molar-refractivity contribution < 1.29 is 13.9 Å². The summed E-state index contributed by atoms with van der Waals surface area (Å²) in [6.07, 6.45) is 0.675. The van der Waals surface area contributed by atoms with Gasteiger partial charge in [-0.2, -0.15) is 0 Å². The van der Waals surface area contributed by atoms with Gasteiger partial charge in [-0.3, -0.25) is 4.79 Å². The molecule has 0 fully saturated rings. The fourth-order valence-corrected chi connectivity index (χ4v) is 1.59. The maximum Gasteiger partial charge on any atom is 0.310 e. The molecule has 0 bridgehead atoms. The van der Waals surface area contributed by atoms with Crippen molar-refractivity contribution in [3.05, 3.63) is 29.0 Å². The number of methoxy groups -OCH3 is 1. The summed E-state index contributed by atoms with van der Waals surface area (Å²) in [5.74, 6) is -0.936. The van der Waals surface area contributed by atoms with Gasteiger partial charge in [-0.05, 0) is 24.6 Å². The van der Waals surface area contributed by atoms with Crippen LogP contribution in [0.4, 0.5) is 10.1 Å². The van der Waals surface area contributed by atoms with Crippen LogP contribution in [0.5, 0.6) is 0 Å². The van der Waals surface area contributed by atoms with E-state index in [1.807, 2.05) is 6.92 Å². The van der Waals surface area contributed by atoms with Gasteiger partial charge < -0.3 is 10.1 Å². The number of rotatable bonds is 5. The molecule has 0 radical (unpaired) electrons. The molecule has 0 aromatic heterocycles. The molecular formula is C12H15ClFNO2. The highest BCUT2D eigenvalue weighted by atomic mass is 35.5. The van der Waals surface area contributed by atoms with Crippen LogP contribution in [-0.2, 0) is 9.53 Å². The summed E-state index contributed by atoms with van der Waals surface area (Å²) in [5, 5.41) is 3.08. The van der Waals surface area contributed by atoms with Gasteiger partial charge in [-0.1, -0.05) is 18.5 Å². The number of halogens is 2. The molecule has 0 heterocycles. The molecule has 0 spiro atoms. The van der Waals surface area contributed by atoms with E-state index in [2.05, 4.69) is 10.1 Å². The summed E-state index contributed by atoms with van der Waals surface area (Å²) in [7, 11) is 1.36. The number of hydrogen-bond donors (Lipinski definition) is 1. The smallest absolute Gasteiger partial charge is 0.310 e. The van der Waals surface area contributed by atoms with Crippen LogP contribution in [0.15, 0.2) is 18.2 Å². The van der Waals surface area contributed by atoms with E-state index in [0.717, 1.165) is 0 Å². The molecule has 1 N–H and O–H groups in total. The predicted molar refractivity (Wildman–Crippen MR) is 65.7 cm³/mol. The first-order chi connectivity index (χ1) is 8.08. The van der Waals surface area contributed by atoms with Crippen molar-refractivity contribution >= 4 is 23.3 Å². The summed E-state index contributed by atoms with van der Waals surface area (Å²) < 4.78 is 17.6. The quantitative estimate of drug-likeness (QED) is 0.826. The molecule has 94 valence electrons. The Balaban J connectivity index is 2.59. The highest BCUT2D eigenvalue weighted by Crippen LogP contribution is 2.19. The van der Waals surface area contributed by atoms with Crippen molar-refractivity contribution in [3.63, 3.8) is 0 Å². The standard InChI is InChI=1S/C12H15ClFNO2/c1-3-8(12(16)17-2)7-15-9-4-5-11(14)10(13)6-9/h4-6,8,15H,3,7H2,1-2H3. The molecule has 0 aliphatic carbocycles. The second-order valence-electron chi connectivity index (χ2n) is 3.64. The number of hydrogen-bond acceptors (Lipinski definition) is 3. The van der Waals surface area contributed by atoms with E-state index < -0.39 is 5.82 Å². The van der Waals surface area contributed by atoms with E-state index in [1.54, 1.807) is 6.07 Å². The van der Waals surface area contributed by atoms with Crippen molar-refractivity contribution in [2.24, 2.45) is 5.92 Å². The Bertz CT molecular complexity index is 398. The first kappa shape index (κ1) is 13.8. The Labute approximate surface area is 105 Å². The van der Waals surface area contributed by atoms with Gasteiger partial charge in [0.05, 0.1) is 18.1 Å². The zero-order valence-electron chi connectivity index (χ0n) is 9.80. The van der Waals surface area contributed by atoms with Gasteiger partial charge in [0.25, 0.3) is 0 Å². The van der Waals surface area contributed by atoms with Crippen molar-refractivity contribution in [2.45, 2.75) is 13.3 Å². The van der Waals surface area contributed by atoms with E-state index in [0.29, 0.717) is 18.7 Å². The molecule has 0 aliphatic rings. The normalized spacial score (nSPS) is 12.0. The lowest BCUT2D eigenvalue weighted by Gasteiger charge is -2.14. The number of ether oxygens (including phenoxy) is 1. The number of carbonyl (C=O) groups excluding carboxylic acids is 1. The number of nitrogens with one attached hydrogen (secondary N) is 1. The molecule has 0 saturated carbocycles. The predicted octanol–water partition coefficient (Wildman–Crippen LogP) is 3.09. The number of esters is 1. The highest BCUT2D eigenvalue weighted by Gasteiger charge is 2.16. The summed E-state index contributed by atoms with van der Waals surface area (Å²) in [6, 6.07) is 4.34. The van der Waals surface area contributed by atoms with Crippen LogP contribution in [0.2, 0.25) is 5.02 Å². The number of anilines is 1. The zero-order chi connectivity index (χ0) is 12.8. The SMILES string of the molecule is CCC(CNc1ccc(F)c(Cl)c1)C(=O)OC. The summed E-state index contributed by atoms with van der Waals surface area (Å²) >= 11 is 5.65. The lowest BCUT2D eigenvalue weighted by Crippen LogP contribution is -2.23. The third-order valence-electron chi connectivity index (χ3n) is 2.50. The minimum absolute atomic E-state index is 0.0566. The van der Waals surface area contributed by atoms with Gasteiger partial charge in [0.2, 0.25) is 0 Å². The molecule has 1 aromatic carbocycles. The molecule has 1 aromatic rings. The Morgan fingerprint density at radius 2 is 2.29 bits per heavy atom. The summed E-state index contributed by atoms with van der Waals surface area (Å²) in [4.78, 5) is 11.3.